The predicted octanol–water partition coefficient (Wildman–Crippen LogP) is 2.70. The van der Waals surface area contributed by atoms with E-state index < -0.39 is 0 Å². The Morgan fingerprint density at radius 3 is 2.81 bits per heavy atom. The van der Waals surface area contributed by atoms with E-state index in [2.05, 4.69) is 36.2 Å². The van der Waals surface area contributed by atoms with Crippen molar-refractivity contribution in [3.05, 3.63) is 23.8 Å². The van der Waals surface area contributed by atoms with Gasteiger partial charge in [0.05, 0.1) is 13.7 Å². The lowest BCUT2D eigenvalue weighted by molar-refractivity contribution is 0.199. The van der Waals surface area contributed by atoms with E-state index in [0.29, 0.717) is 6.04 Å². The number of ether oxygens (including phenoxy) is 2. The summed E-state index contributed by atoms with van der Waals surface area (Å²) in [7, 11) is 1.70. The molecule has 5 heteroatoms. The first kappa shape index (κ1) is 18.1. The van der Waals surface area contributed by atoms with E-state index in [-0.39, 0.29) is 12.4 Å². The Morgan fingerprint density at radius 2 is 2.14 bits per heavy atom. The van der Waals surface area contributed by atoms with Crippen LogP contribution in [0.25, 0.3) is 0 Å². The maximum Gasteiger partial charge on any atom is 0.161 e. The van der Waals surface area contributed by atoms with E-state index in [1.54, 1.807) is 7.11 Å². The van der Waals surface area contributed by atoms with Crippen molar-refractivity contribution in [3.63, 3.8) is 0 Å². The highest BCUT2D eigenvalue weighted by atomic mass is 35.5. The van der Waals surface area contributed by atoms with E-state index in [9.17, 15) is 0 Å². The second-order valence-corrected chi connectivity index (χ2v) is 5.42. The van der Waals surface area contributed by atoms with Gasteiger partial charge in [0.2, 0.25) is 0 Å². The van der Waals surface area contributed by atoms with E-state index in [1.165, 1.54) is 5.56 Å². The zero-order valence-electron chi connectivity index (χ0n) is 13.2. The predicted molar refractivity (Wildman–Crippen MR) is 88.8 cm³/mol. The Hall–Kier alpha value is -0.970. The largest absolute Gasteiger partial charge is 0.493 e. The monoisotopic (exact) mass is 314 g/mol. The Balaban J connectivity index is 0.00000220. The zero-order valence-corrected chi connectivity index (χ0v) is 14.0. The topological polar surface area (TPSA) is 33.7 Å². The number of piperazine rings is 1. The molecule has 0 radical (unpaired) electrons. The first-order valence-electron chi connectivity index (χ1n) is 7.48. The molecule has 0 bridgehead atoms. The summed E-state index contributed by atoms with van der Waals surface area (Å²) in [6.45, 7) is 9.29. The van der Waals surface area contributed by atoms with Crippen LogP contribution in [0, 0.1) is 0 Å². The van der Waals surface area contributed by atoms with Gasteiger partial charge in [-0.1, -0.05) is 13.0 Å². The number of nitrogens with one attached hydrogen (secondary N) is 1. The molecule has 1 atom stereocenters. The molecule has 0 amide bonds. The lowest BCUT2D eigenvalue weighted by Gasteiger charge is -2.31. The molecule has 1 unspecified atom stereocenters. The maximum absolute atomic E-state index is 5.69. The Labute approximate surface area is 134 Å². The van der Waals surface area contributed by atoms with Crippen LogP contribution in [0.5, 0.6) is 11.5 Å². The van der Waals surface area contributed by atoms with Gasteiger partial charge in [0.1, 0.15) is 0 Å². The van der Waals surface area contributed by atoms with Gasteiger partial charge in [-0.3, -0.25) is 4.90 Å². The van der Waals surface area contributed by atoms with Crippen LogP contribution in [0.2, 0.25) is 0 Å². The van der Waals surface area contributed by atoms with Gasteiger partial charge in [-0.15, -0.1) is 12.4 Å². The number of hydrogen-bond donors (Lipinski definition) is 1. The molecule has 0 aliphatic carbocycles. The van der Waals surface area contributed by atoms with Gasteiger partial charge in [0, 0.05) is 32.2 Å². The molecule has 21 heavy (non-hydrogen) atoms. The summed E-state index contributed by atoms with van der Waals surface area (Å²) in [6, 6.07) is 6.82. The molecule has 120 valence electrons. The van der Waals surface area contributed by atoms with Gasteiger partial charge < -0.3 is 14.8 Å². The maximum atomic E-state index is 5.69. The van der Waals surface area contributed by atoms with Crippen LogP contribution in [0.15, 0.2) is 18.2 Å². The molecule has 1 heterocycles. The molecule has 4 nitrogen and oxygen atoms in total. The van der Waals surface area contributed by atoms with Crippen LogP contribution in [0.4, 0.5) is 0 Å². The first-order chi connectivity index (χ1) is 9.72. The minimum atomic E-state index is 0. The van der Waals surface area contributed by atoms with Gasteiger partial charge in [0.25, 0.3) is 0 Å². The fraction of sp³-hybridized carbons (Fsp3) is 0.625. The fourth-order valence-corrected chi connectivity index (χ4v) is 2.56. The number of benzene rings is 1. The molecule has 1 aromatic carbocycles. The quantitative estimate of drug-likeness (QED) is 0.875. The van der Waals surface area contributed by atoms with Crippen molar-refractivity contribution in [2.75, 3.05) is 33.4 Å². The first-order valence-corrected chi connectivity index (χ1v) is 7.48. The molecule has 1 fully saturated rings. The van der Waals surface area contributed by atoms with Crippen molar-refractivity contribution in [1.82, 2.24) is 10.2 Å². The second-order valence-electron chi connectivity index (χ2n) is 5.42. The average molecular weight is 315 g/mol. The van der Waals surface area contributed by atoms with Crippen LogP contribution in [0.1, 0.15) is 25.8 Å². The summed E-state index contributed by atoms with van der Waals surface area (Å²) in [5.74, 6) is 1.67. The van der Waals surface area contributed by atoms with Gasteiger partial charge in [-0.2, -0.15) is 0 Å². The van der Waals surface area contributed by atoms with E-state index in [4.69, 9.17) is 9.47 Å². The highest BCUT2D eigenvalue weighted by molar-refractivity contribution is 5.85. The highest BCUT2D eigenvalue weighted by Crippen LogP contribution is 2.28. The molecular formula is C16H27ClN2O2. The number of rotatable bonds is 6. The Bertz CT molecular complexity index is 429. The summed E-state index contributed by atoms with van der Waals surface area (Å²) in [5, 5.41) is 3.47. The lowest BCUT2D eigenvalue weighted by atomic mass is 10.1. The van der Waals surface area contributed by atoms with Crippen LogP contribution in [0.3, 0.4) is 0 Å². The molecule has 0 aromatic heterocycles. The standard InChI is InChI=1S/C16H26N2O2.ClH/c1-4-9-20-15-6-5-14(10-16(15)19-3)12-18-8-7-17-13(2)11-18;/h5-6,10,13,17H,4,7-9,11-12H2,1-3H3;1H. The minimum absolute atomic E-state index is 0. The molecule has 1 aliphatic heterocycles. The fourth-order valence-electron chi connectivity index (χ4n) is 2.56. The summed E-state index contributed by atoms with van der Waals surface area (Å²) in [4.78, 5) is 2.47. The summed E-state index contributed by atoms with van der Waals surface area (Å²) in [5.41, 5.74) is 1.28. The molecular weight excluding hydrogens is 288 g/mol. The van der Waals surface area contributed by atoms with Gasteiger partial charge in [0.15, 0.2) is 11.5 Å². The van der Waals surface area contributed by atoms with Gasteiger partial charge in [-0.05, 0) is 31.0 Å². The smallest absolute Gasteiger partial charge is 0.161 e. The van der Waals surface area contributed by atoms with Crippen LogP contribution in [-0.2, 0) is 6.54 Å². The number of nitrogens with zero attached hydrogens (tertiary/aromatic N) is 1. The van der Waals surface area contributed by atoms with Crippen molar-refractivity contribution >= 4 is 12.4 Å². The molecule has 1 aromatic rings. The van der Waals surface area contributed by atoms with E-state index in [0.717, 1.165) is 50.7 Å². The van der Waals surface area contributed by atoms with Crippen molar-refractivity contribution in [1.29, 1.82) is 0 Å². The van der Waals surface area contributed by atoms with E-state index >= 15 is 0 Å². The molecule has 1 aliphatic rings. The van der Waals surface area contributed by atoms with Crippen molar-refractivity contribution in [3.8, 4) is 11.5 Å². The number of methoxy groups -OCH3 is 1. The Kier molecular flexibility index (Phi) is 7.86. The number of hydrogen-bond acceptors (Lipinski definition) is 4. The summed E-state index contributed by atoms with van der Waals surface area (Å²) >= 11 is 0. The molecule has 1 saturated heterocycles. The third-order valence-corrected chi connectivity index (χ3v) is 3.55. The zero-order chi connectivity index (χ0) is 14.4. The summed E-state index contributed by atoms with van der Waals surface area (Å²) < 4.78 is 11.1. The van der Waals surface area contributed by atoms with E-state index in [1.807, 2.05) is 6.07 Å². The third kappa shape index (κ3) is 5.38. The van der Waals surface area contributed by atoms with Crippen molar-refractivity contribution < 1.29 is 9.47 Å². The van der Waals surface area contributed by atoms with Crippen LogP contribution < -0.4 is 14.8 Å². The normalized spacial score (nSPS) is 18.9. The van der Waals surface area contributed by atoms with Crippen molar-refractivity contribution in [2.45, 2.75) is 32.9 Å². The van der Waals surface area contributed by atoms with Gasteiger partial charge in [-0.25, -0.2) is 0 Å². The third-order valence-electron chi connectivity index (χ3n) is 3.55. The lowest BCUT2D eigenvalue weighted by Crippen LogP contribution is -2.48. The highest BCUT2D eigenvalue weighted by Gasteiger charge is 2.16. The van der Waals surface area contributed by atoms with Crippen LogP contribution in [-0.4, -0.2) is 44.3 Å². The van der Waals surface area contributed by atoms with Crippen molar-refractivity contribution in [2.24, 2.45) is 0 Å². The average Bonchev–Trinajstić information content (AvgIpc) is 2.46. The Morgan fingerprint density at radius 1 is 1.33 bits per heavy atom. The second kappa shape index (κ2) is 9.13. The molecule has 0 saturated carbocycles. The SMILES string of the molecule is CCCOc1ccc(CN2CCNC(C)C2)cc1OC.Cl. The molecule has 1 N–H and O–H groups in total. The minimum Gasteiger partial charge on any atom is -0.493 e. The summed E-state index contributed by atoms with van der Waals surface area (Å²) in [6.07, 6.45) is 1.00. The van der Waals surface area contributed by atoms with Crippen LogP contribution >= 0.6 is 12.4 Å². The molecule has 0 spiro atoms. The molecule has 2 rings (SSSR count). The number of halogens is 1. The van der Waals surface area contributed by atoms with Gasteiger partial charge >= 0.3 is 0 Å².